The molecule has 0 fully saturated rings. The third-order valence-corrected chi connectivity index (χ3v) is 3.88. The van der Waals surface area contributed by atoms with Crippen molar-refractivity contribution in [2.75, 3.05) is 12.8 Å². The van der Waals surface area contributed by atoms with Crippen molar-refractivity contribution in [3.8, 4) is 17.0 Å². The fraction of sp³-hybridized carbons (Fsp3) is 0.400. The summed E-state index contributed by atoms with van der Waals surface area (Å²) in [6, 6.07) is 6.20. The van der Waals surface area contributed by atoms with Gasteiger partial charge < -0.3 is 10.5 Å². The molecule has 0 bridgehead atoms. The highest BCUT2D eigenvalue weighted by Gasteiger charge is 2.19. The van der Waals surface area contributed by atoms with Gasteiger partial charge in [0, 0.05) is 18.7 Å². The first-order valence-electron chi connectivity index (χ1n) is 6.69. The molecule has 0 unspecified atom stereocenters. The minimum absolute atomic E-state index is 0.662. The van der Waals surface area contributed by atoms with Crippen LogP contribution < -0.4 is 10.5 Å². The van der Waals surface area contributed by atoms with Gasteiger partial charge in [-0.25, -0.2) is 0 Å². The van der Waals surface area contributed by atoms with Gasteiger partial charge in [0.25, 0.3) is 0 Å². The molecule has 3 rings (SSSR count). The Morgan fingerprint density at radius 1 is 1.26 bits per heavy atom. The van der Waals surface area contributed by atoms with E-state index in [0.29, 0.717) is 5.82 Å². The van der Waals surface area contributed by atoms with Gasteiger partial charge in [0.1, 0.15) is 11.6 Å². The van der Waals surface area contributed by atoms with E-state index < -0.39 is 0 Å². The molecule has 100 valence electrons. The fourth-order valence-corrected chi connectivity index (χ4v) is 2.84. The Hall–Kier alpha value is -1.97. The zero-order valence-electron chi connectivity index (χ0n) is 11.4. The molecule has 1 heterocycles. The number of aryl methyl sites for hydroxylation is 2. The second-order valence-corrected chi connectivity index (χ2v) is 5.07. The summed E-state index contributed by atoms with van der Waals surface area (Å²) in [6.45, 7) is 0. The Labute approximate surface area is 113 Å². The van der Waals surface area contributed by atoms with Crippen LogP contribution >= 0.6 is 0 Å². The molecule has 0 aliphatic heterocycles. The third-order valence-electron chi connectivity index (χ3n) is 3.88. The lowest BCUT2D eigenvalue weighted by Crippen LogP contribution is -2.06. The van der Waals surface area contributed by atoms with Gasteiger partial charge in [-0.15, -0.1) is 0 Å². The molecule has 0 saturated carbocycles. The van der Waals surface area contributed by atoms with Crippen molar-refractivity contribution < 1.29 is 4.74 Å². The number of ether oxygens (including phenoxy) is 1. The van der Waals surface area contributed by atoms with E-state index in [9.17, 15) is 0 Å². The maximum absolute atomic E-state index is 5.87. The number of hydrogen-bond acceptors (Lipinski definition) is 3. The van der Waals surface area contributed by atoms with E-state index in [1.165, 1.54) is 24.0 Å². The van der Waals surface area contributed by atoms with Gasteiger partial charge in [0.05, 0.1) is 12.8 Å². The van der Waals surface area contributed by atoms with Gasteiger partial charge >= 0.3 is 0 Å². The molecule has 19 heavy (non-hydrogen) atoms. The van der Waals surface area contributed by atoms with E-state index in [-0.39, 0.29) is 0 Å². The van der Waals surface area contributed by atoms with E-state index in [1.54, 1.807) is 11.8 Å². The van der Waals surface area contributed by atoms with E-state index in [2.05, 4.69) is 17.2 Å². The Kier molecular flexibility index (Phi) is 2.93. The number of fused-ring (bicyclic) bond motifs is 1. The molecule has 0 atom stereocenters. The van der Waals surface area contributed by atoms with Crippen LogP contribution in [-0.2, 0) is 19.9 Å². The summed E-state index contributed by atoms with van der Waals surface area (Å²) in [5.41, 5.74) is 10.5. The van der Waals surface area contributed by atoms with E-state index in [1.807, 2.05) is 13.1 Å². The first-order chi connectivity index (χ1) is 9.20. The van der Waals surface area contributed by atoms with Gasteiger partial charge in [-0.1, -0.05) is 6.07 Å². The van der Waals surface area contributed by atoms with Crippen molar-refractivity contribution in [3.05, 3.63) is 29.3 Å². The molecule has 4 heteroatoms. The van der Waals surface area contributed by atoms with Crippen LogP contribution in [-0.4, -0.2) is 16.9 Å². The summed E-state index contributed by atoms with van der Waals surface area (Å²) in [4.78, 5) is 0. The molecule has 0 amide bonds. The van der Waals surface area contributed by atoms with Crippen LogP contribution in [0.4, 0.5) is 5.82 Å². The number of methoxy groups -OCH3 is 1. The molecular weight excluding hydrogens is 238 g/mol. The molecule has 1 aliphatic carbocycles. The molecule has 0 radical (unpaired) electrons. The van der Waals surface area contributed by atoms with Crippen molar-refractivity contribution in [2.45, 2.75) is 25.7 Å². The summed E-state index contributed by atoms with van der Waals surface area (Å²) in [6.07, 6.45) is 4.74. The zero-order valence-corrected chi connectivity index (χ0v) is 11.4. The van der Waals surface area contributed by atoms with Crippen LogP contribution in [0.1, 0.15) is 24.0 Å². The number of nitrogen functional groups attached to an aromatic ring is 1. The second-order valence-electron chi connectivity index (χ2n) is 5.07. The lowest BCUT2D eigenvalue weighted by atomic mass is 9.89. The minimum atomic E-state index is 0.662. The Morgan fingerprint density at radius 3 is 2.74 bits per heavy atom. The molecule has 2 aromatic rings. The van der Waals surface area contributed by atoms with Crippen LogP contribution in [0.5, 0.6) is 5.75 Å². The van der Waals surface area contributed by atoms with Gasteiger partial charge in [-0.2, -0.15) is 5.10 Å². The Bertz CT molecular complexity index is 597. The molecule has 1 aromatic carbocycles. The van der Waals surface area contributed by atoms with Crippen molar-refractivity contribution in [3.63, 3.8) is 0 Å². The molecule has 1 aliphatic rings. The summed E-state index contributed by atoms with van der Waals surface area (Å²) < 4.78 is 7.35. The monoisotopic (exact) mass is 257 g/mol. The second kappa shape index (κ2) is 4.61. The van der Waals surface area contributed by atoms with Crippen LogP contribution in [0.3, 0.4) is 0 Å². The zero-order chi connectivity index (χ0) is 13.4. The van der Waals surface area contributed by atoms with Crippen LogP contribution in [0.2, 0.25) is 0 Å². The number of aromatic nitrogens is 2. The third kappa shape index (κ3) is 1.97. The lowest BCUT2D eigenvalue weighted by molar-refractivity contribution is 0.407. The minimum Gasteiger partial charge on any atom is -0.496 e. The van der Waals surface area contributed by atoms with E-state index >= 15 is 0 Å². The average molecular weight is 257 g/mol. The van der Waals surface area contributed by atoms with Gasteiger partial charge in [-0.3, -0.25) is 4.68 Å². The maximum Gasteiger partial charge on any atom is 0.131 e. The van der Waals surface area contributed by atoms with Gasteiger partial charge in [0.2, 0.25) is 0 Å². The van der Waals surface area contributed by atoms with Gasteiger partial charge in [0.15, 0.2) is 0 Å². The number of nitrogens with zero attached hydrogens (tertiary/aromatic N) is 2. The molecule has 0 spiro atoms. The highest BCUT2D eigenvalue weighted by Crippen LogP contribution is 2.38. The number of nitrogens with two attached hydrogens (primary N) is 1. The average Bonchev–Trinajstić information content (AvgIpc) is 2.77. The summed E-state index contributed by atoms with van der Waals surface area (Å²) in [5, 5.41) is 4.45. The molecule has 0 saturated heterocycles. The standard InChI is InChI=1S/C15H19N3O/c1-18-14(16)9-13(17-18)12-8-7-10-5-3-4-6-11(10)15(12)19-2/h7-9H,3-6,16H2,1-2H3. The highest BCUT2D eigenvalue weighted by molar-refractivity contribution is 5.72. The maximum atomic E-state index is 5.87. The van der Waals surface area contributed by atoms with Crippen LogP contribution in [0, 0.1) is 0 Å². The Morgan fingerprint density at radius 2 is 2.05 bits per heavy atom. The van der Waals surface area contributed by atoms with Crippen molar-refractivity contribution in [2.24, 2.45) is 7.05 Å². The van der Waals surface area contributed by atoms with Crippen LogP contribution in [0.15, 0.2) is 18.2 Å². The summed E-state index contributed by atoms with van der Waals surface area (Å²) >= 11 is 0. The molecule has 2 N–H and O–H groups in total. The molecule has 4 nitrogen and oxygen atoms in total. The number of hydrogen-bond donors (Lipinski definition) is 1. The largest absolute Gasteiger partial charge is 0.496 e. The smallest absolute Gasteiger partial charge is 0.131 e. The number of anilines is 1. The quantitative estimate of drug-likeness (QED) is 0.899. The lowest BCUT2D eigenvalue weighted by Gasteiger charge is -2.20. The normalized spacial score (nSPS) is 14.2. The predicted octanol–water partition coefficient (Wildman–Crippen LogP) is 2.56. The van der Waals surface area contributed by atoms with Crippen molar-refractivity contribution in [1.82, 2.24) is 9.78 Å². The number of rotatable bonds is 2. The summed E-state index contributed by atoms with van der Waals surface area (Å²) in [7, 11) is 3.59. The topological polar surface area (TPSA) is 53.1 Å². The van der Waals surface area contributed by atoms with Crippen molar-refractivity contribution in [1.29, 1.82) is 0 Å². The number of benzene rings is 1. The van der Waals surface area contributed by atoms with E-state index in [4.69, 9.17) is 10.5 Å². The van der Waals surface area contributed by atoms with Crippen molar-refractivity contribution >= 4 is 5.82 Å². The Balaban J connectivity index is 2.16. The first-order valence-corrected chi connectivity index (χ1v) is 6.69. The van der Waals surface area contributed by atoms with Gasteiger partial charge in [-0.05, 0) is 42.9 Å². The first kappa shape index (κ1) is 12.1. The fourth-order valence-electron chi connectivity index (χ4n) is 2.84. The van der Waals surface area contributed by atoms with Crippen LogP contribution in [0.25, 0.3) is 11.3 Å². The predicted molar refractivity (Wildman–Crippen MR) is 76.3 cm³/mol. The highest BCUT2D eigenvalue weighted by atomic mass is 16.5. The SMILES string of the molecule is COc1c(-c2cc(N)n(C)n2)ccc2c1CCCC2. The van der Waals surface area contributed by atoms with E-state index in [0.717, 1.165) is 29.8 Å². The summed E-state index contributed by atoms with van der Waals surface area (Å²) in [5.74, 6) is 1.63. The molecule has 1 aromatic heterocycles. The molecular formula is C15H19N3O.